The summed E-state index contributed by atoms with van der Waals surface area (Å²) in [4.78, 5) is 21.1. The summed E-state index contributed by atoms with van der Waals surface area (Å²) < 4.78 is 15.6. The van der Waals surface area contributed by atoms with Gasteiger partial charge in [0.15, 0.2) is 5.65 Å². The summed E-state index contributed by atoms with van der Waals surface area (Å²) in [6, 6.07) is 8.64. The Morgan fingerprint density at radius 3 is 2.59 bits per heavy atom. The van der Waals surface area contributed by atoms with E-state index in [1.54, 1.807) is 21.5 Å². The smallest absolute Gasteiger partial charge is 0.223 e. The maximum absolute atomic E-state index is 13.9. The van der Waals surface area contributed by atoms with Gasteiger partial charge >= 0.3 is 0 Å². The van der Waals surface area contributed by atoms with Gasteiger partial charge in [0.2, 0.25) is 5.91 Å². The molecule has 0 bridgehead atoms. The predicted octanol–water partition coefficient (Wildman–Crippen LogP) is 2.51. The van der Waals surface area contributed by atoms with E-state index in [1.807, 2.05) is 24.8 Å². The lowest BCUT2D eigenvalue weighted by atomic mass is 10.1. The van der Waals surface area contributed by atoms with Crippen molar-refractivity contribution in [2.24, 2.45) is 0 Å². The van der Waals surface area contributed by atoms with Gasteiger partial charge in [0.05, 0.1) is 11.9 Å². The van der Waals surface area contributed by atoms with Crippen molar-refractivity contribution in [2.75, 3.05) is 31.1 Å². The van der Waals surface area contributed by atoms with Crippen molar-refractivity contribution in [2.45, 2.75) is 26.7 Å². The summed E-state index contributed by atoms with van der Waals surface area (Å²) in [6.07, 6.45) is 2.37. The average molecular weight is 431 g/mol. The molecule has 0 radical (unpaired) electrons. The van der Waals surface area contributed by atoms with Crippen LogP contribution in [0.5, 0.6) is 0 Å². The second kappa shape index (κ2) is 8.64. The molecule has 1 aliphatic heterocycles. The third kappa shape index (κ3) is 3.74. The summed E-state index contributed by atoms with van der Waals surface area (Å²) in [6.45, 7) is 5.91. The highest BCUT2D eigenvalue weighted by Crippen LogP contribution is 2.24. The molecule has 162 valence electrons. The average Bonchev–Trinajstić information content (AvgIpc) is 3.21. The second-order valence-electron chi connectivity index (χ2n) is 7.78. The molecule has 3 aromatic rings. The van der Waals surface area contributed by atoms with Crippen molar-refractivity contribution in [3.63, 3.8) is 0 Å². The van der Waals surface area contributed by atoms with Crippen molar-refractivity contribution in [1.82, 2.24) is 19.5 Å². The number of carbonyl (C=O) groups excluding carboxylic acids is 1. The number of hydrogen-bond donors (Lipinski definition) is 0. The number of anilines is 1. The molecule has 0 saturated carbocycles. The van der Waals surface area contributed by atoms with Crippen LogP contribution in [-0.2, 0) is 11.2 Å². The normalized spacial score (nSPS) is 13.8. The highest BCUT2D eigenvalue weighted by Gasteiger charge is 2.24. The van der Waals surface area contributed by atoms with Gasteiger partial charge in [0, 0.05) is 44.0 Å². The Labute approximate surface area is 185 Å². The molecular formula is C23H22FN7O. The zero-order valence-electron chi connectivity index (χ0n) is 18.0. The van der Waals surface area contributed by atoms with Gasteiger partial charge in [0.1, 0.15) is 29.1 Å². The van der Waals surface area contributed by atoms with Crippen molar-refractivity contribution in [1.29, 1.82) is 10.5 Å². The predicted molar refractivity (Wildman–Crippen MR) is 115 cm³/mol. The molecule has 0 N–H and O–H groups in total. The summed E-state index contributed by atoms with van der Waals surface area (Å²) >= 11 is 0. The van der Waals surface area contributed by atoms with Crippen molar-refractivity contribution < 1.29 is 9.18 Å². The summed E-state index contributed by atoms with van der Waals surface area (Å²) in [5.74, 6) is -0.486. The number of nitriles is 2. The van der Waals surface area contributed by atoms with E-state index in [2.05, 4.69) is 16.2 Å². The first-order valence-electron chi connectivity index (χ1n) is 10.4. The quantitative estimate of drug-likeness (QED) is 0.629. The zero-order valence-corrected chi connectivity index (χ0v) is 18.0. The van der Waals surface area contributed by atoms with Gasteiger partial charge in [-0.05, 0) is 38.0 Å². The molecule has 0 aliphatic carbocycles. The minimum Gasteiger partial charge on any atom is -0.367 e. The van der Waals surface area contributed by atoms with Crippen LogP contribution >= 0.6 is 0 Å². The van der Waals surface area contributed by atoms with Crippen LogP contribution in [0.2, 0.25) is 0 Å². The summed E-state index contributed by atoms with van der Waals surface area (Å²) in [5.41, 5.74) is 4.19. The minimum atomic E-state index is -0.529. The number of aryl methyl sites for hydroxylation is 2. The van der Waals surface area contributed by atoms with Crippen molar-refractivity contribution >= 4 is 17.2 Å². The Hall–Kier alpha value is -3.98. The van der Waals surface area contributed by atoms with E-state index >= 15 is 0 Å². The highest BCUT2D eigenvalue weighted by molar-refractivity contribution is 5.77. The standard InChI is InChI=1S/C23H22FN7O/c1-15-18(16(2)31-23(28-15)17(12-25)14-27-31)6-7-22(32)30-10-8-29(9-11-30)21-5-3-4-20(24)19(21)13-26/h3-5,14H,6-11H2,1-2H3. The Balaban J connectivity index is 1.41. The Bertz CT molecular complexity index is 1280. The number of carbonyl (C=O) groups is 1. The lowest BCUT2D eigenvalue weighted by molar-refractivity contribution is -0.131. The molecule has 9 heteroatoms. The third-order valence-electron chi connectivity index (χ3n) is 5.99. The van der Waals surface area contributed by atoms with Crippen LogP contribution in [0, 0.1) is 42.3 Å². The largest absolute Gasteiger partial charge is 0.367 e. The Morgan fingerprint density at radius 1 is 1.16 bits per heavy atom. The molecule has 3 heterocycles. The molecular weight excluding hydrogens is 409 g/mol. The van der Waals surface area contributed by atoms with Crippen LogP contribution in [0.4, 0.5) is 10.1 Å². The SMILES string of the molecule is Cc1nc2c(C#N)cnn2c(C)c1CCC(=O)N1CCN(c2cccc(F)c2C#N)CC1. The second-order valence-corrected chi connectivity index (χ2v) is 7.78. The van der Waals surface area contributed by atoms with Crippen LogP contribution < -0.4 is 4.90 Å². The minimum absolute atomic E-state index is 0.0410. The molecule has 1 aromatic carbocycles. The van der Waals surface area contributed by atoms with Gasteiger partial charge in [-0.2, -0.15) is 15.6 Å². The number of aromatic nitrogens is 3. The number of benzene rings is 1. The maximum Gasteiger partial charge on any atom is 0.223 e. The third-order valence-corrected chi connectivity index (χ3v) is 5.99. The van der Waals surface area contributed by atoms with Gasteiger partial charge in [-0.25, -0.2) is 13.9 Å². The van der Waals surface area contributed by atoms with E-state index < -0.39 is 5.82 Å². The molecule has 0 spiro atoms. The molecule has 8 nitrogen and oxygen atoms in total. The van der Waals surface area contributed by atoms with E-state index in [-0.39, 0.29) is 11.5 Å². The fourth-order valence-electron chi connectivity index (χ4n) is 4.23. The van der Waals surface area contributed by atoms with E-state index in [0.29, 0.717) is 55.9 Å². The maximum atomic E-state index is 13.9. The molecule has 32 heavy (non-hydrogen) atoms. The fourth-order valence-corrected chi connectivity index (χ4v) is 4.23. The van der Waals surface area contributed by atoms with Gasteiger partial charge in [-0.3, -0.25) is 4.79 Å². The molecule has 0 unspecified atom stereocenters. The van der Waals surface area contributed by atoms with Crippen LogP contribution in [-0.4, -0.2) is 51.6 Å². The lowest BCUT2D eigenvalue weighted by Gasteiger charge is -2.36. The number of rotatable bonds is 4. The number of fused-ring (bicyclic) bond motifs is 1. The first-order valence-corrected chi connectivity index (χ1v) is 10.4. The van der Waals surface area contributed by atoms with Crippen molar-refractivity contribution in [3.05, 3.63) is 58.3 Å². The number of piperazine rings is 1. The molecule has 4 rings (SSSR count). The van der Waals surface area contributed by atoms with Crippen LogP contribution in [0.15, 0.2) is 24.4 Å². The summed E-state index contributed by atoms with van der Waals surface area (Å²) in [5, 5.41) is 22.7. The first kappa shape index (κ1) is 21.3. The molecule has 1 aliphatic rings. The van der Waals surface area contributed by atoms with Crippen LogP contribution in [0.25, 0.3) is 5.65 Å². The molecule has 1 saturated heterocycles. The fraction of sp³-hybridized carbons (Fsp3) is 0.348. The number of halogens is 1. The number of hydrogen-bond acceptors (Lipinski definition) is 6. The highest BCUT2D eigenvalue weighted by atomic mass is 19.1. The Kier molecular flexibility index (Phi) is 5.74. The number of amides is 1. The van der Waals surface area contributed by atoms with Gasteiger partial charge in [-0.1, -0.05) is 6.07 Å². The molecule has 2 aromatic heterocycles. The first-order chi connectivity index (χ1) is 15.4. The Morgan fingerprint density at radius 2 is 1.91 bits per heavy atom. The van der Waals surface area contributed by atoms with Gasteiger partial charge in [0.25, 0.3) is 0 Å². The van der Waals surface area contributed by atoms with Crippen molar-refractivity contribution in [3.8, 4) is 12.1 Å². The number of nitrogens with zero attached hydrogens (tertiary/aromatic N) is 7. The van der Waals surface area contributed by atoms with E-state index in [4.69, 9.17) is 0 Å². The molecule has 1 amide bonds. The van der Waals surface area contributed by atoms with Crippen LogP contribution in [0.1, 0.15) is 34.5 Å². The van der Waals surface area contributed by atoms with Gasteiger partial charge < -0.3 is 9.80 Å². The lowest BCUT2D eigenvalue weighted by Crippen LogP contribution is -2.49. The van der Waals surface area contributed by atoms with Gasteiger partial charge in [-0.15, -0.1) is 0 Å². The molecule has 0 atom stereocenters. The van der Waals surface area contributed by atoms with Crippen LogP contribution in [0.3, 0.4) is 0 Å². The molecule has 1 fully saturated rings. The van der Waals surface area contributed by atoms with E-state index in [0.717, 1.165) is 17.0 Å². The zero-order chi connectivity index (χ0) is 22.8. The summed E-state index contributed by atoms with van der Waals surface area (Å²) in [7, 11) is 0. The topological polar surface area (TPSA) is 101 Å². The van der Waals surface area contributed by atoms with E-state index in [1.165, 1.54) is 12.3 Å². The van der Waals surface area contributed by atoms with E-state index in [9.17, 15) is 19.7 Å². The monoisotopic (exact) mass is 431 g/mol.